The maximum absolute atomic E-state index is 12.7. The Morgan fingerprint density at radius 2 is 1.75 bits per heavy atom. The van der Waals surface area contributed by atoms with Crippen molar-refractivity contribution in [1.29, 1.82) is 0 Å². The lowest BCUT2D eigenvalue weighted by Crippen LogP contribution is -2.44. The molecular formula is C19H22ClN3O5. The van der Waals surface area contributed by atoms with Gasteiger partial charge >= 0.3 is 11.8 Å². The minimum absolute atomic E-state index is 0.0293. The van der Waals surface area contributed by atoms with Crippen molar-refractivity contribution in [1.82, 2.24) is 9.13 Å². The van der Waals surface area contributed by atoms with Crippen molar-refractivity contribution in [2.24, 2.45) is 7.05 Å². The fraction of sp³-hybridized carbons (Fsp3) is 0.368. The lowest BCUT2D eigenvalue weighted by Gasteiger charge is -2.22. The lowest BCUT2D eigenvalue weighted by atomic mass is 10.2. The Kier molecular flexibility index (Phi) is 6.45. The number of nitrogens with one attached hydrogen (secondary N) is 1. The number of Topliss-reactive ketones (excluding diaryl/α,β-unsaturated/α-hetero) is 1. The first-order valence-electron chi connectivity index (χ1n) is 8.52. The minimum Gasteiger partial charge on any atom is -0.444 e. The standard InChI is InChI=1S/C19H22ClN3O5/c1-19(2,3)28-17(26)21-15-14(13(24)10-20)16(25)22(4)18(27)23(15)11-12-8-6-5-7-9-12/h5-9H,10-11H2,1-4H3,(H,21,26). The second-order valence-electron chi connectivity index (χ2n) is 7.13. The maximum atomic E-state index is 12.7. The molecule has 0 saturated carbocycles. The van der Waals surface area contributed by atoms with Gasteiger partial charge in [0.15, 0.2) is 5.78 Å². The number of anilines is 1. The lowest BCUT2D eigenvalue weighted by molar-refractivity contribution is 0.0634. The number of hydrogen-bond acceptors (Lipinski definition) is 5. The van der Waals surface area contributed by atoms with Gasteiger partial charge in [-0.3, -0.25) is 24.0 Å². The number of ether oxygens (including phenoxy) is 1. The molecule has 0 radical (unpaired) electrons. The highest BCUT2D eigenvalue weighted by Gasteiger charge is 2.26. The van der Waals surface area contributed by atoms with E-state index in [-0.39, 0.29) is 17.9 Å². The molecule has 9 heteroatoms. The zero-order valence-corrected chi connectivity index (χ0v) is 16.9. The number of ketones is 1. The van der Waals surface area contributed by atoms with E-state index < -0.39 is 34.6 Å². The summed E-state index contributed by atoms with van der Waals surface area (Å²) in [6, 6.07) is 8.94. The molecule has 1 N–H and O–H groups in total. The number of rotatable bonds is 5. The van der Waals surface area contributed by atoms with Gasteiger partial charge in [0.2, 0.25) is 0 Å². The van der Waals surface area contributed by atoms with Crippen LogP contribution in [0.3, 0.4) is 0 Å². The molecule has 1 aromatic heterocycles. The SMILES string of the molecule is Cn1c(=O)c(C(=O)CCl)c(NC(=O)OC(C)(C)C)n(Cc2ccccc2)c1=O. The molecule has 0 bridgehead atoms. The normalized spacial score (nSPS) is 11.2. The Bertz CT molecular complexity index is 1000. The topological polar surface area (TPSA) is 99.4 Å². The molecule has 0 aliphatic carbocycles. The van der Waals surface area contributed by atoms with Crippen molar-refractivity contribution >= 4 is 29.3 Å². The molecule has 0 saturated heterocycles. The Morgan fingerprint density at radius 3 is 2.29 bits per heavy atom. The van der Waals surface area contributed by atoms with E-state index in [1.807, 2.05) is 6.07 Å². The second-order valence-corrected chi connectivity index (χ2v) is 7.39. The van der Waals surface area contributed by atoms with Crippen molar-refractivity contribution < 1.29 is 14.3 Å². The largest absolute Gasteiger partial charge is 0.444 e. The summed E-state index contributed by atoms with van der Waals surface area (Å²) in [5, 5.41) is 2.39. The van der Waals surface area contributed by atoms with Crippen LogP contribution in [-0.2, 0) is 18.3 Å². The van der Waals surface area contributed by atoms with E-state index in [2.05, 4.69) is 5.32 Å². The van der Waals surface area contributed by atoms with Crippen LogP contribution in [0.15, 0.2) is 39.9 Å². The first-order valence-corrected chi connectivity index (χ1v) is 9.05. The Labute approximate surface area is 166 Å². The predicted molar refractivity (Wildman–Crippen MR) is 106 cm³/mol. The van der Waals surface area contributed by atoms with E-state index in [9.17, 15) is 19.2 Å². The number of carbonyl (C=O) groups excluding carboxylic acids is 2. The van der Waals surface area contributed by atoms with E-state index >= 15 is 0 Å². The van der Waals surface area contributed by atoms with Crippen molar-refractivity contribution in [3.8, 4) is 0 Å². The number of hydrogen-bond donors (Lipinski definition) is 1. The Balaban J connectivity index is 2.69. The van der Waals surface area contributed by atoms with Crippen LogP contribution in [0.1, 0.15) is 36.7 Å². The smallest absolute Gasteiger partial charge is 0.413 e. The average Bonchev–Trinajstić information content (AvgIpc) is 2.62. The van der Waals surface area contributed by atoms with Crippen LogP contribution < -0.4 is 16.6 Å². The van der Waals surface area contributed by atoms with E-state index in [1.165, 1.54) is 7.05 Å². The van der Waals surface area contributed by atoms with Crippen LogP contribution in [0, 0.1) is 0 Å². The Morgan fingerprint density at radius 1 is 1.14 bits per heavy atom. The molecule has 0 spiro atoms. The fourth-order valence-corrected chi connectivity index (χ4v) is 2.66. The quantitative estimate of drug-likeness (QED) is 0.605. The predicted octanol–water partition coefficient (Wildman–Crippen LogP) is 2.36. The Hall–Kier alpha value is -2.87. The molecular weight excluding hydrogens is 386 g/mol. The first kappa shape index (κ1) is 21.4. The van der Waals surface area contributed by atoms with Gasteiger partial charge in [-0.25, -0.2) is 9.59 Å². The summed E-state index contributed by atoms with van der Waals surface area (Å²) in [5.74, 6) is -1.44. The first-order chi connectivity index (χ1) is 13.0. The fourth-order valence-electron chi connectivity index (χ4n) is 2.53. The highest BCUT2D eigenvalue weighted by Crippen LogP contribution is 2.16. The van der Waals surface area contributed by atoms with Gasteiger partial charge in [-0.15, -0.1) is 11.6 Å². The van der Waals surface area contributed by atoms with Gasteiger partial charge in [-0.05, 0) is 26.3 Å². The molecule has 1 amide bonds. The minimum atomic E-state index is -0.898. The molecule has 150 valence electrons. The third kappa shape index (κ3) is 4.89. The molecule has 8 nitrogen and oxygen atoms in total. The number of carbonyl (C=O) groups is 2. The molecule has 2 rings (SSSR count). The molecule has 28 heavy (non-hydrogen) atoms. The molecule has 0 unspecified atom stereocenters. The molecule has 0 atom stereocenters. The van der Waals surface area contributed by atoms with Crippen molar-refractivity contribution in [2.75, 3.05) is 11.2 Å². The molecule has 0 aliphatic rings. The third-order valence-electron chi connectivity index (χ3n) is 3.75. The summed E-state index contributed by atoms with van der Waals surface area (Å²) >= 11 is 5.65. The maximum Gasteiger partial charge on any atom is 0.413 e. The highest BCUT2D eigenvalue weighted by atomic mass is 35.5. The van der Waals surface area contributed by atoms with Gasteiger partial charge in [0.1, 0.15) is 17.0 Å². The number of benzene rings is 1. The van der Waals surface area contributed by atoms with Crippen molar-refractivity contribution in [3.63, 3.8) is 0 Å². The van der Waals surface area contributed by atoms with Gasteiger partial charge in [0.05, 0.1) is 12.4 Å². The molecule has 0 aliphatic heterocycles. The number of nitrogens with zero attached hydrogens (tertiary/aromatic N) is 2. The molecule has 0 fully saturated rings. The van der Waals surface area contributed by atoms with Crippen molar-refractivity contribution in [2.45, 2.75) is 32.9 Å². The van der Waals surface area contributed by atoms with Gasteiger partial charge in [0.25, 0.3) is 5.56 Å². The third-order valence-corrected chi connectivity index (χ3v) is 3.99. The number of aromatic nitrogens is 2. The summed E-state index contributed by atoms with van der Waals surface area (Å²) in [6.45, 7) is 5.02. The zero-order valence-electron chi connectivity index (χ0n) is 16.1. The van der Waals surface area contributed by atoms with Crippen LogP contribution >= 0.6 is 11.6 Å². The monoisotopic (exact) mass is 407 g/mol. The summed E-state index contributed by atoms with van der Waals surface area (Å²) in [4.78, 5) is 49.9. The highest BCUT2D eigenvalue weighted by molar-refractivity contribution is 6.31. The van der Waals surface area contributed by atoms with Crippen LogP contribution in [0.25, 0.3) is 0 Å². The zero-order chi connectivity index (χ0) is 21.1. The molecule has 2 aromatic rings. The van der Waals surface area contributed by atoms with E-state index in [0.29, 0.717) is 0 Å². The van der Waals surface area contributed by atoms with Gasteiger partial charge in [-0.1, -0.05) is 30.3 Å². The summed E-state index contributed by atoms with van der Waals surface area (Å²) in [7, 11) is 1.26. The van der Waals surface area contributed by atoms with Gasteiger partial charge in [0, 0.05) is 7.05 Å². The number of alkyl halides is 1. The van der Waals surface area contributed by atoms with E-state index in [0.717, 1.165) is 14.7 Å². The van der Waals surface area contributed by atoms with Crippen LogP contribution in [0.5, 0.6) is 0 Å². The van der Waals surface area contributed by atoms with E-state index in [1.54, 1.807) is 45.0 Å². The van der Waals surface area contributed by atoms with Gasteiger partial charge < -0.3 is 4.74 Å². The molecule has 1 heterocycles. The van der Waals surface area contributed by atoms with Crippen molar-refractivity contribution in [3.05, 3.63) is 62.3 Å². The number of halogens is 1. The summed E-state index contributed by atoms with van der Waals surface area (Å²) < 4.78 is 7.15. The molecule has 1 aromatic carbocycles. The summed E-state index contributed by atoms with van der Waals surface area (Å²) in [5.41, 5.74) is -1.99. The van der Waals surface area contributed by atoms with E-state index in [4.69, 9.17) is 16.3 Å². The van der Waals surface area contributed by atoms with Crippen LogP contribution in [0.2, 0.25) is 0 Å². The average molecular weight is 408 g/mol. The van der Waals surface area contributed by atoms with Crippen LogP contribution in [0.4, 0.5) is 10.6 Å². The second kappa shape index (κ2) is 8.43. The summed E-state index contributed by atoms with van der Waals surface area (Å²) in [6.07, 6.45) is -0.898. The number of amides is 1. The van der Waals surface area contributed by atoms with Gasteiger partial charge in [-0.2, -0.15) is 0 Å². The van der Waals surface area contributed by atoms with Crippen LogP contribution in [-0.4, -0.2) is 32.5 Å².